The predicted octanol–water partition coefficient (Wildman–Crippen LogP) is 2.51. The van der Waals surface area contributed by atoms with Gasteiger partial charge in [-0.1, -0.05) is 17.3 Å². The zero-order chi connectivity index (χ0) is 28.1. The van der Waals surface area contributed by atoms with Crippen molar-refractivity contribution in [3.05, 3.63) is 41.3 Å². The van der Waals surface area contributed by atoms with Crippen molar-refractivity contribution in [3.63, 3.8) is 0 Å². The van der Waals surface area contributed by atoms with Gasteiger partial charge in [0.05, 0.1) is 17.0 Å². The summed E-state index contributed by atoms with van der Waals surface area (Å²) < 4.78 is 16.4. The van der Waals surface area contributed by atoms with Crippen molar-refractivity contribution in [2.24, 2.45) is 0 Å². The molecule has 11 nitrogen and oxygen atoms in total. The summed E-state index contributed by atoms with van der Waals surface area (Å²) in [4.78, 5) is 14.2. The molecule has 11 heteroatoms. The minimum absolute atomic E-state index is 0.174. The Morgan fingerprint density at radius 3 is 2.56 bits per heavy atom. The van der Waals surface area contributed by atoms with Gasteiger partial charge in [-0.15, -0.1) is 0 Å². The maximum atomic E-state index is 10.1. The van der Waals surface area contributed by atoms with Gasteiger partial charge < -0.3 is 34.4 Å². The fourth-order valence-electron chi connectivity index (χ4n) is 5.07. The number of hydrogen-bond acceptors (Lipinski definition) is 11. The number of nitrogens with one attached hydrogen (secondary N) is 1. The maximum absolute atomic E-state index is 10.1. The predicted molar refractivity (Wildman–Crippen MR) is 149 cm³/mol. The summed E-state index contributed by atoms with van der Waals surface area (Å²) in [6, 6.07) is 7.82. The van der Waals surface area contributed by atoms with Gasteiger partial charge >= 0.3 is 0 Å². The zero-order valence-electron chi connectivity index (χ0n) is 23.6. The Bertz CT molecular complexity index is 1220. The molecule has 1 aromatic carbocycles. The molecule has 1 aliphatic heterocycles. The van der Waals surface area contributed by atoms with Crippen LogP contribution in [0.15, 0.2) is 28.8 Å². The van der Waals surface area contributed by atoms with E-state index in [1.807, 2.05) is 49.9 Å². The van der Waals surface area contributed by atoms with Gasteiger partial charge in [-0.3, -0.25) is 4.90 Å². The van der Waals surface area contributed by atoms with Crippen LogP contribution < -0.4 is 15.0 Å². The fraction of sp³-hybridized carbons (Fsp3) is 0.536. The molecule has 1 aliphatic rings. The van der Waals surface area contributed by atoms with Crippen molar-refractivity contribution >= 4 is 5.82 Å². The highest BCUT2D eigenvalue weighted by Crippen LogP contribution is 2.36. The number of ether oxygens (including phenoxy) is 2. The van der Waals surface area contributed by atoms with Crippen LogP contribution in [-0.4, -0.2) is 96.2 Å². The summed E-state index contributed by atoms with van der Waals surface area (Å²) in [6.45, 7) is 7.89. The second-order valence-corrected chi connectivity index (χ2v) is 10.0. The van der Waals surface area contributed by atoms with Gasteiger partial charge in [0.2, 0.25) is 6.41 Å². The van der Waals surface area contributed by atoms with E-state index in [9.17, 15) is 10.2 Å². The molecule has 2 aromatic heterocycles. The summed E-state index contributed by atoms with van der Waals surface area (Å²) in [5.74, 6) is 2.72. The monoisotopic (exact) mass is 540 g/mol. The van der Waals surface area contributed by atoms with Crippen molar-refractivity contribution < 1.29 is 24.2 Å². The standard InChI is InChI=1S/C28H40N6O5/c1-17-25(24-18(2)32-39-19(24)3)30-26(20-8-7-9-23(14-20)38-16-22(35)15-29-4)31-27(17)33(5)21-10-12-34(13-11-21)28(36)37-6/h7-9,14,21-22,28-29,35-36H,10-13,15-16H2,1-6H3. The van der Waals surface area contributed by atoms with E-state index in [-0.39, 0.29) is 12.6 Å². The van der Waals surface area contributed by atoms with Crippen molar-refractivity contribution in [1.82, 2.24) is 25.3 Å². The van der Waals surface area contributed by atoms with E-state index in [0.717, 1.165) is 59.8 Å². The number of aryl methyl sites for hydroxylation is 2. The summed E-state index contributed by atoms with van der Waals surface area (Å²) in [5, 5.41) is 27.2. The Balaban J connectivity index is 1.70. The number of likely N-dealkylation sites (tertiary alicyclic amines) is 1. The molecule has 2 atom stereocenters. The molecule has 0 aliphatic carbocycles. The zero-order valence-corrected chi connectivity index (χ0v) is 23.6. The molecule has 1 fully saturated rings. The molecule has 4 rings (SSSR count). The quantitative estimate of drug-likeness (QED) is 0.310. The van der Waals surface area contributed by atoms with Crippen molar-refractivity contribution in [1.29, 1.82) is 0 Å². The highest BCUT2D eigenvalue weighted by atomic mass is 16.6. The first-order valence-electron chi connectivity index (χ1n) is 13.3. The van der Waals surface area contributed by atoms with Crippen LogP contribution in [0.3, 0.4) is 0 Å². The molecular weight excluding hydrogens is 500 g/mol. The number of likely N-dealkylation sites (N-methyl/N-ethyl adjacent to an activating group) is 1. The Kier molecular flexibility index (Phi) is 9.52. The second-order valence-electron chi connectivity index (χ2n) is 10.0. The van der Waals surface area contributed by atoms with E-state index in [1.165, 1.54) is 7.11 Å². The first kappa shape index (κ1) is 28.9. The number of hydrogen-bond donors (Lipinski definition) is 3. The Labute approximate surface area is 229 Å². The molecule has 212 valence electrons. The summed E-state index contributed by atoms with van der Waals surface area (Å²) in [5.41, 5.74) is 4.16. The fourth-order valence-corrected chi connectivity index (χ4v) is 5.07. The number of anilines is 1. The molecule has 3 aromatic rings. The van der Waals surface area contributed by atoms with Crippen LogP contribution >= 0.6 is 0 Å². The average Bonchev–Trinajstić information content (AvgIpc) is 3.29. The van der Waals surface area contributed by atoms with Gasteiger partial charge in [0.25, 0.3) is 0 Å². The van der Waals surface area contributed by atoms with Gasteiger partial charge in [-0.05, 0) is 52.8 Å². The SMILES string of the molecule is CNCC(O)COc1cccc(-c2nc(-c3c(C)noc3C)c(C)c(N(C)C3CCN(C(O)OC)CC3)n2)c1. The molecule has 0 spiro atoms. The van der Waals surface area contributed by atoms with Crippen LogP contribution in [0.5, 0.6) is 5.75 Å². The van der Waals surface area contributed by atoms with E-state index in [2.05, 4.69) is 22.4 Å². The number of rotatable bonds is 11. The third kappa shape index (κ3) is 6.56. The van der Waals surface area contributed by atoms with Crippen molar-refractivity contribution in [2.75, 3.05) is 52.3 Å². The van der Waals surface area contributed by atoms with Crippen LogP contribution in [0.4, 0.5) is 5.82 Å². The Morgan fingerprint density at radius 2 is 1.92 bits per heavy atom. The van der Waals surface area contributed by atoms with E-state index in [0.29, 0.717) is 23.9 Å². The van der Waals surface area contributed by atoms with Crippen molar-refractivity contribution in [3.8, 4) is 28.4 Å². The minimum Gasteiger partial charge on any atom is -0.491 e. The number of benzene rings is 1. The molecule has 3 heterocycles. The number of methoxy groups -OCH3 is 1. The minimum atomic E-state index is -0.886. The maximum Gasteiger partial charge on any atom is 0.215 e. The summed E-state index contributed by atoms with van der Waals surface area (Å²) >= 11 is 0. The molecule has 3 N–H and O–H groups in total. The molecule has 1 saturated heterocycles. The van der Waals surface area contributed by atoms with Gasteiger partial charge in [-0.2, -0.15) is 0 Å². The van der Waals surface area contributed by atoms with E-state index < -0.39 is 12.5 Å². The van der Waals surface area contributed by atoms with E-state index in [1.54, 1.807) is 7.05 Å². The third-order valence-electron chi connectivity index (χ3n) is 7.27. The molecule has 0 amide bonds. The first-order valence-corrected chi connectivity index (χ1v) is 13.3. The highest BCUT2D eigenvalue weighted by molar-refractivity contribution is 5.75. The largest absolute Gasteiger partial charge is 0.491 e. The van der Waals surface area contributed by atoms with Gasteiger partial charge in [-0.25, -0.2) is 9.97 Å². The summed E-state index contributed by atoms with van der Waals surface area (Å²) in [7, 11) is 5.36. The smallest absolute Gasteiger partial charge is 0.215 e. The molecular formula is C28H40N6O5. The normalized spacial score (nSPS) is 16.3. The van der Waals surface area contributed by atoms with Crippen molar-refractivity contribution in [2.45, 2.75) is 52.2 Å². The lowest BCUT2D eigenvalue weighted by Crippen LogP contribution is -2.48. The van der Waals surface area contributed by atoms with Crippen LogP contribution in [0.1, 0.15) is 29.9 Å². The number of aliphatic hydroxyl groups excluding tert-OH is 2. The summed E-state index contributed by atoms with van der Waals surface area (Å²) in [6.07, 6.45) is 0.212. The Hall–Kier alpha value is -3.09. The molecule has 0 bridgehead atoms. The Morgan fingerprint density at radius 1 is 1.18 bits per heavy atom. The molecule has 0 radical (unpaired) electrons. The van der Waals surface area contributed by atoms with Crippen LogP contribution in [-0.2, 0) is 4.74 Å². The topological polar surface area (TPSA) is 129 Å². The third-order valence-corrected chi connectivity index (χ3v) is 7.27. The molecule has 0 saturated carbocycles. The molecule has 39 heavy (non-hydrogen) atoms. The molecule has 2 unspecified atom stereocenters. The second kappa shape index (κ2) is 12.8. The van der Waals surface area contributed by atoms with Gasteiger partial charge in [0, 0.05) is 51.0 Å². The lowest BCUT2D eigenvalue weighted by molar-refractivity contribution is -0.181. The first-order chi connectivity index (χ1) is 18.7. The van der Waals surface area contributed by atoms with Crippen LogP contribution in [0, 0.1) is 20.8 Å². The van der Waals surface area contributed by atoms with Crippen LogP contribution in [0.25, 0.3) is 22.6 Å². The van der Waals surface area contributed by atoms with E-state index in [4.69, 9.17) is 24.0 Å². The van der Waals surface area contributed by atoms with Gasteiger partial charge in [0.15, 0.2) is 5.82 Å². The number of aromatic nitrogens is 3. The van der Waals surface area contributed by atoms with Crippen LogP contribution in [0.2, 0.25) is 0 Å². The number of aliphatic hydroxyl groups is 2. The van der Waals surface area contributed by atoms with E-state index >= 15 is 0 Å². The average molecular weight is 541 g/mol. The number of piperidine rings is 1. The lowest BCUT2D eigenvalue weighted by atomic mass is 10.0. The number of nitrogens with zero attached hydrogens (tertiary/aromatic N) is 5. The lowest BCUT2D eigenvalue weighted by Gasteiger charge is -2.39. The highest BCUT2D eigenvalue weighted by Gasteiger charge is 2.29. The van der Waals surface area contributed by atoms with Gasteiger partial charge in [0.1, 0.15) is 30.0 Å².